The molecule has 0 amide bonds. The van der Waals surface area contributed by atoms with E-state index >= 15 is 0 Å². The Labute approximate surface area is 145 Å². The highest BCUT2D eigenvalue weighted by atomic mass is 16.5. The number of rotatable bonds is 3. The first-order valence-electron chi connectivity index (χ1n) is 7.85. The van der Waals surface area contributed by atoms with Crippen molar-refractivity contribution in [3.05, 3.63) is 58.5 Å². The van der Waals surface area contributed by atoms with Gasteiger partial charge in [-0.25, -0.2) is 4.79 Å². The number of ether oxygens (including phenoxy) is 1. The second-order valence-electron chi connectivity index (χ2n) is 5.94. The lowest BCUT2D eigenvalue weighted by molar-refractivity contribution is -0.136. The van der Waals surface area contributed by atoms with Gasteiger partial charge in [0, 0.05) is 22.7 Å². The summed E-state index contributed by atoms with van der Waals surface area (Å²) in [5.74, 6) is 0.0482. The van der Waals surface area contributed by atoms with Gasteiger partial charge in [-0.3, -0.25) is 0 Å². The Balaban J connectivity index is 2.24. The number of anilines is 1. The number of nitrogen functional groups attached to an aromatic ring is 1. The summed E-state index contributed by atoms with van der Waals surface area (Å²) in [6.07, 6.45) is 0. The normalized spacial score (nSPS) is 17.5. The van der Waals surface area contributed by atoms with Crippen molar-refractivity contribution < 1.29 is 14.1 Å². The predicted octanol–water partition coefficient (Wildman–Crippen LogP) is 2.53. The quantitative estimate of drug-likeness (QED) is 0.653. The molecule has 3 rings (SSSR count). The molecule has 7 nitrogen and oxygen atoms in total. The number of hydrogen-bond donors (Lipinski definition) is 2. The zero-order valence-electron chi connectivity index (χ0n) is 14.6. The number of aromatic nitrogens is 2. The van der Waals surface area contributed by atoms with E-state index in [2.05, 4.69) is 15.5 Å². The van der Waals surface area contributed by atoms with E-state index in [1.54, 1.807) is 13.0 Å². The Hall–Kier alpha value is -3.09. The number of allylic oxidation sites excluding steroid dienone is 3. The monoisotopic (exact) mass is 340 g/mol. The van der Waals surface area contributed by atoms with Gasteiger partial charge < -0.3 is 20.3 Å². The van der Waals surface area contributed by atoms with E-state index < -0.39 is 11.9 Å². The highest BCUT2D eigenvalue weighted by Crippen LogP contribution is 2.43. The highest BCUT2D eigenvalue weighted by molar-refractivity contribution is 5.96. The summed E-state index contributed by atoms with van der Waals surface area (Å²) in [6, 6.07) is 7.40. The number of nitrogens with one attached hydrogen (secondary N) is 1. The van der Waals surface area contributed by atoms with Gasteiger partial charge in [0.2, 0.25) is 0 Å². The molecule has 1 aromatic heterocycles. The van der Waals surface area contributed by atoms with Gasteiger partial charge in [0.15, 0.2) is 5.82 Å². The van der Waals surface area contributed by atoms with E-state index in [1.807, 2.05) is 32.0 Å². The number of esters is 1. The SMILES string of the molecule is COC(=O)C1=C(C)NC(C)=C(c2nc(C)no2)C1c1cccc(N)c1. The average Bonchev–Trinajstić information content (AvgIpc) is 2.99. The Bertz CT molecular complexity index is 895. The molecule has 130 valence electrons. The summed E-state index contributed by atoms with van der Waals surface area (Å²) >= 11 is 0. The Morgan fingerprint density at radius 3 is 2.64 bits per heavy atom. The van der Waals surface area contributed by atoms with Crippen molar-refractivity contribution in [3.8, 4) is 0 Å². The van der Waals surface area contributed by atoms with Gasteiger partial charge in [-0.05, 0) is 38.5 Å². The molecule has 7 heteroatoms. The lowest BCUT2D eigenvalue weighted by atomic mass is 9.80. The summed E-state index contributed by atoms with van der Waals surface area (Å²) in [6.45, 7) is 5.49. The van der Waals surface area contributed by atoms with Gasteiger partial charge in [0.1, 0.15) is 0 Å². The van der Waals surface area contributed by atoms with Crippen LogP contribution in [0.3, 0.4) is 0 Å². The number of nitrogens with two attached hydrogens (primary N) is 1. The number of methoxy groups -OCH3 is 1. The van der Waals surface area contributed by atoms with Gasteiger partial charge in [-0.15, -0.1) is 0 Å². The van der Waals surface area contributed by atoms with Crippen LogP contribution in [0.2, 0.25) is 0 Å². The molecule has 2 aromatic rings. The fourth-order valence-electron chi connectivity index (χ4n) is 3.14. The van der Waals surface area contributed by atoms with Crippen LogP contribution in [0.15, 0.2) is 45.8 Å². The number of nitrogens with zero attached hydrogens (tertiary/aromatic N) is 2. The molecule has 0 bridgehead atoms. The van der Waals surface area contributed by atoms with Crippen molar-refractivity contribution in [1.29, 1.82) is 0 Å². The maximum absolute atomic E-state index is 12.5. The third-order valence-corrected chi connectivity index (χ3v) is 4.17. The molecule has 0 saturated carbocycles. The maximum atomic E-state index is 12.5. The largest absolute Gasteiger partial charge is 0.466 e. The molecule has 25 heavy (non-hydrogen) atoms. The summed E-state index contributed by atoms with van der Waals surface area (Å²) in [5.41, 5.74) is 10.2. The molecule has 2 heterocycles. The zero-order chi connectivity index (χ0) is 18.1. The van der Waals surface area contributed by atoms with Gasteiger partial charge in [0.25, 0.3) is 5.89 Å². The number of benzene rings is 1. The van der Waals surface area contributed by atoms with E-state index in [4.69, 9.17) is 15.0 Å². The van der Waals surface area contributed by atoms with Crippen LogP contribution < -0.4 is 11.1 Å². The van der Waals surface area contributed by atoms with Crippen molar-refractivity contribution in [2.75, 3.05) is 12.8 Å². The zero-order valence-corrected chi connectivity index (χ0v) is 14.6. The number of carbonyl (C=O) groups is 1. The fraction of sp³-hybridized carbons (Fsp3) is 0.278. The van der Waals surface area contributed by atoms with Crippen LogP contribution in [-0.2, 0) is 9.53 Å². The number of hydrogen-bond acceptors (Lipinski definition) is 7. The van der Waals surface area contributed by atoms with Crippen LogP contribution in [-0.4, -0.2) is 23.2 Å². The number of aryl methyl sites for hydroxylation is 1. The van der Waals surface area contributed by atoms with Crippen LogP contribution >= 0.6 is 0 Å². The van der Waals surface area contributed by atoms with Gasteiger partial charge >= 0.3 is 5.97 Å². The van der Waals surface area contributed by atoms with Crippen LogP contribution in [0.25, 0.3) is 5.57 Å². The van der Waals surface area contributed by atoms with Crippen molar-refractivity contribution >= 4 is 17.2 Å². The molecule has 0 aliphatic carbocycles. The summed E-state index contributed by atoms with van der Waals surface area (Å²) < 4.78 is 10.4. The minimum Gasteiger partial charge on any atom is -0.466 e. The molecular formula is C18H20N4O3. The van der Waals surface area contributed by atoms with Crippen LogP contribution in [0.5, 0.6) is 0 Å². The van der Waals surface area contributed by atoms with Crippen molar-refractivity contribution in [2.24, 2.45) is 0 Å². The Morgan fingerprint density at radius 2 is 2.04 bits per heavy atom. The molecule has 1 atom stereocenters. The molecule has 0 saturated heterocycles. The van der Waals surface area contributed by atoms with E-state index in [9.17, 15) is 4.79 Å². The van der Waals surface area contributed by atoms with E-state index in [1.165, 1.54) is 7.11 Å². The second-order valence-corrected chi connectivity index (χ2v) is 5.94. The summed E-state index contributed by atoms with van der Waals surface area (Å²) in [4.78, 5) is 16.8. The van der Waals surface area contributed by atoms with Crippen LogP contribution in [0, 0.1) is 6.92 Å². The standard InChI is InChI=1S/C18H20N4O3/c1-9-14(17-21-11(3)22-25-17)16(12-6-5-7-13(19)8-12)15(10(2)20-9)18(23)24-4/h5-8,16,20H,19H2,1-4H3. The van der Waals surface area contributed by atoms with Gasteiger partial charge in [0.05, 0.1) is 18.6 Å². The van der Waals surface area contributed by atoms with Gasteiger partial charge in [-0.1, -0.05) is 17.3 Å². The van der Waals surface area contributed by atoms with Gasteiger partial charge in [-0.2, -0.15) is 4.98 Å². The predicted molar refractivity (Wildman–Crippen MR) is 93.1 cm³/mol. The molecule has 3 N–H and O–H groups in total. The van der Waals surface area contributed by atoms with Crippen molar-refractivity contribution in [3.63, 3.8) is 0 Å². The Morgan fingerprint density at radius 1 is 1.28 bits per heavy atom. The lowest BCUT2D eigenvalue weighted by Gasteiger charge is -2.29. The number of carbonyl (C=O) groups excluding carboxylic acids is 1. The van der Waals surface area contributed by atoms with E-state index in [-0.39, 0.29) is 0 Å². The number of dihydropyridines is 1. The van der Waals surface area contributed by atoms with Crippen molar-refractivity contribution in [1.82, 2.24) is 15.5 Å². The maximum Gasteiger partial charge on any atom is 0.336 e. The molecule has 0 fully saturated rings. The second kappa shape index (κ2) is 6.43. The third-order valence-electron chi connectivity index (χ3n) is 4.17. The molecule has 0 spiro atoms. The molecular weight excluding hydrogens is 320 g/mol. The lowest BCUT2D eigenvalue weighted by Crippen LogP contribution is -2.28. The average molecular weight is 340 g/mol. The summed E-state index contributed by atoms with van der Waals surface area (Å²) in [7, 11) is 1.36. The minimum atomic E-state index is -0.419. The first kappa shape index (κ1) is 16.8. The molecule has 1 aliphatic rings. The smallest absolute Gasteiger partial charge is 0.336 e. The van der Waals surface area contributed by atoms with Crippen LogP contribution in [0.1, 0.15) is 37.0 Å². The summed E-state index contributed by atoms with van der Waals surface area (Å²) in [5, 5.41) is 7.09. The minimum absolute atomic E-state index is 0.365. The van der Waals surface area contributed by atoms with E-state index in [0.29, 0.717) is 23.0 Å². The van der Waals surface area contributed by atoms with E-state index in [0.717, 1.165) is 22.5 Å². The first-order valence-corrected chi connectivity index (χ1v) is 7.85. The molecule has 0 radical (unpaired) electrons. The Kier molecular flexibility index (Phi) is 4.31. The van der Waals surface area contributed by atoms with Crippen LogP contribution in [0.4, 0.5) is 5.69 Å². The van der Waals surface area contributed by atoms with Crippen molar-refractivity contribution in [2.45, 2.75) is 26.7 Å². The first-order chi connectivity index (χ1) is 11.9. The molecule has 1 aromatic carbocycles. The third kappa shape index (κ3) is 3.00. The fourth-order valence-corrected chi connectivity index (χ4v) is 3.14. The highest BCUT2D eigenvalue weighted by Gasteiger charge is 2.36. The topological polar surface area (TPSA) is 103 Å². The molecule has 1 unspecified atom stereocenters. The molecule has 1 aliphatic heterocycles.